The quantitative estimate of drug-likeness (QED) is 0.670. The molecule has 0 bridgehead atoms. The van der Waals surface area contributed by atoms with Crippen molar-refractivity contribution in [2.24, 2.45) is 5.92 Å². The Morgan fingerprint density at radius 3 is 2.21 bits per heavy atom. The minimum Gasteiger partial charge on any atom is -0.371 e. The fraction of sp³-hybridized carbons (Fsp3) is 0.571. The molecule has 19 heavy (non-hydrogen) atoms. The monoisotopic (exact) mass is 338 g/mol. The van der Waals surface area contributed by atoms with E-state index < -0.39 is 12.8 Å². The van der Waals surface area contributed by atoms with Crippen molar-refractivity contribution in [3.05, 3.63) is 35.4 Å². The average molecular weight is 339 g/mol. The Morgan fingerprint density at radius 1 is 1.16 bits per heavy atom. The van der Waals surface area contributed by atoms with Gasteiger partial charge in [0.2, 0.25) is 0 Å². The van der Waals surface area contributed by atoms with E-state index in [-0.39, 0.29) is 11.4 Å². The summed E-state index contributed by atoms with van der Waals surface area (Å²) in [4.78, 5) is -0.219. The lowest BCUT2D eigenvalue weighted by molar-refractivity contribution is -0.173. The van der Waals surface area contributed by atoms with Gasteiger partial charge in [-0.3, -0.25) is 0 Å². The van der Waals surface area contributed by atoms with Gasteiger partial charge in [-0.05, 0) is 23.5 Å². The van der Waals surface area contributed by atoms with Crippen LogP contribution in [0.5, 0.6) is 0 Å². The zero-order valence-electron chi connectivity index (χ0n) is 11.0. The van der Waals surface area contributed by atoms with Gasteiger partial charge >= 0.3 is 6.18 Å². The highest BCUT2D eigenvalue weighted by Crippen LogP contribution is 2.25. The second kappa shape index (κ2) is 7.29. The normalized spacial score (nSPS) is 13.8. The molecule has 0 fully saturated rings. The van der Waals surface area contributed by atoms with E-state index >= 15 is 0 Å². The number of benzene rings is 1. The number of ether oxygens (including phenoxy) is 1. The molecule has 1 aromatic carbocycles. The largest absolute Gasteiger partial charge is 0.411 e. The Hall–Kier alpha value is -0.550. The van der Waals surface area contributed by atoms with Crippen molar-refractivity contribution >= 4 is 15.9 Å². The van der Waals surface area contributed by atoms with E-state index in [4.69, 9.17) is 0 Å². The maximum Gasteiger partial charge on any atom is 0.411 e. The van der Waals surface area contributed by atoms with Crippen LogP contribution >= 0.6 is 15.9 Å². The highest BCUT2D eigenvalue weighted by atomic mass is 79.9. The van der Waals surface area contributed by atoms with Crippen LogP contribution in [0.4, 0.5) is 13.2 Å². The third kappa shape index (κ3) is 6.97. The lowest BCUT2D eigenvalue weighted by Gasteiger charge is -2.13. The minimum absolute atomic E-state index is 0.00301. The van der Waals surface area contributed by atoms with Gasteiger partial charge in [-0.1, -0.05) is 54.0 Å². The Balaban J connectivity index is 2.46. The molecule has 5 heteroatoms. The topological polar surface area (TPSA) is 9.23 Å². The van der Waals surface area contributed by atoms with Gasteiger partial charge in [0.25, 0.3) is 0 Å². The molecule has 1 aromatic rings. The number of hydrogen-bond donors (Lipinski definition) is 0. The summed E-state index contributed by atoms with van der Waals surface area (Å²) < 4.78 is 40.5. The molecule has 0 aliphatic carbocycles. The van der Waals surface area contributed by atoms with E-state index in [1.807, 2.05) is 24.3 Å². The van der Waals surface area contributed by atoms with Crippen LogP contribution in [0.15, 0.2) is 24.3 Å². The highest BCUT2D eigenvalue weighted by Gasteiger charge is 2.27. The maximum atomic E-state index is 11.9. The fourth-order valence-corrected chi connectivity index (χ4v) is 2.20. The highest BCUT2D eigenvalue weighted by molar-refractivity contribution is 9.09. The Morgan fingerprint density at radius 2 is 1.74 bits per heavy atom. The van der Waals surface area contributed by atoms with E-state index in [1.54, 1.807) is 0 Å². The first-order chi connectivity index (χ1) is 8.78. The summed E-state index contributed by atoms with van der Waals surface area (Å²) in [6, 6.07) is 7.86. The van der Waals surface area contributed by atoms with Crippen molar-refractivity contribution in [1.82, 2.24) is 0 Å². The molecular weight excluding hydrogens is 321 g/mol. The summed E-state index contributed by atoms with van der Waals surface area (Å²) in [6.07, 6.45) is -3.27. The first-order valence-corrected chi connectivity index (χ1v) is 7.07. The molecule has 0 heterocycles. The van der Waals surface area contributed by atoms with E-state index in [1.165, 1.54) is 5.56 Å². The maximum absolute atomic E-state index is 11.9. The molecule has 0 amide bonds. The third-order valence-corrected chi connectivity index (χ3v) is 3.31. The predicted octanol–water partition coefficient (Wildman–Crippen LogP) is 4.90. The van der Waals surface area contributed by atoms with Gasteiger partial charge < -0.3 is 4.74 Å². The molecule has 0 saturated heterocycles. The smallest absolute Gasteiger partial charge is 0.371 e. The zero-order valence-corrected chi connectivity index (χ0v) is 12.6. The third-order valence-electron chi connectivity index (χ3n) is 2.52. The second-order valence-electron chi connectivity index (χ2n) is 4.94. The fourth-order valence-electron chi connectivity index (χ4n) is 1.71. The minimum atomic E-state index is -4.27. The van der Waals surface area contributed by atoms with Crippen LogP contribution in [-0.4, -0.2) is 19.4 Å². The Bertz CT molecular complexity index is 373. The molecule has 0 N–H and O–H groups in total. The summed E-state index contributed by atoms with van der Waals surface area (Å²) in [5, 5.41) is 0. The van der Waals surface area contributed by atoms with Gasteiger partial charge in [0.15, 0.2) is 0 Å². The molecule has 1 unspecified atom stereocenters. The average Bonchev–Trinajstić information content (AvgIpc) is 2.27. The number of alkyl halides is 4. The molecule has 0 aliphatic heterocycles. The molecule has 0 aliphatic rings. The molecule has 0 radical (unpaired) electrons. The van der Waals surface area contributed by atoms with E-state index in [0.29, 0.717) is 5.92 Å². The van der Waals surface area contributed by atoms with Crippen molar-refractivity contribution in [2.75, 3.05) is 13.2 Å². The molecule has 0 spiro atoms. The molecule has 1 atom stereocenters. The summed E-state index contributed by atoms with van der Waals surface area (Å²) in [7, 11) is 0. The summed E-state index contributed by atoms with van der Waals surface area (Å²) >= 11 is 3.34. The van der Waals surface area contributed by atoms with Crippen molar-refractivity contribution in [3.63, 3.8) is 0 Å². The zero-order chi connectivity index (χ0) is 14.5. The molecule has 0 aromatic heterocycles. The van der Waals surface area contributed by atoms with Crippen molar-refractivity contribution in [3.8, 4) is 0 Å². The standard InChI is InChI=1S/C14H18BrF3O/c1-10(2)7-11-3-5-12(6-4-11)13(15)8-19-9-14(16,17)18/h3-6,10,13H,7-9H2,1-2H3. The molecule has 1 nitrogen and oxygen atoms in total. The number of rotatable bonds is 6. The van der Waals surface area contributed by atoms with E-state index in [9.17, 15) is 13.2 Å². The van der Waals surface area contributed by atoms with Crippen molar-refractivity contribution < 1.29 is 17.9 Å². The lowest BCUT2D eigenvalue weighted by atomic mass is 10.0. The first-order valence-electron chi connectivity index (χ1n) is 6.15. The van der Waals surface area contributed by atoms with Gasteiger partial charge in [0.05, 0.1) is 11.4 Å². The van der Waals surface area contributed by atoms with Crippen LogP contribution in [0.25, 0.3) is 0 Å². The summed E-state index contributed by atoms with van der Waals surface area (Å²) in [6.45, 7) is 3.09. The van der Waals surface area contributed by atoms with Crippen LogP contribution in [0.2, 0.25) is 0 Å². The number of hydrogen-bond acceptors (Lipinski definition) is 1. The molecular formula is C14H18BrF3O. The predicted molar refractivity (Wildman–Crippen MR) is 73.5 cm³/mol. The van der Waals surface area contributed by atoms with Gasteiger partial charge in [-0.2, -0.15) is 13.2 Å². The van der Waals surface area contributed by atoms with Gasteiger partial charge in [0, 0.05) is 0 Å². The Labute approximate surface area is 120 Å². The van der Waals surface area contributed by atoms with Crippen LogP contribution in [-0.2, 0) is 11.2 Å². The van der Waals surface area contributed by atoms with E-state index in [2.05, 4.69) is 34.5 Å². The lowest BCUT2D eigenvalue weighted by Crippen LogP contribution is -2.18. The van der Waals surface area contributed by atoms with Crippen LogP contribution < -0.4 is 0 Å². The number of halogens is 4. The molecule has 1 rings (SSSR count). The van der Waals surface area contributed by atoms with E-state index in [0.717, 1.165) is 12.0 Å². The molecule has 108 valence electrons. The van der Waals surface area contributed by atoms with Gasteiger partial charge in [-0.15, -0.1) is 0 Å². The van der Waals surface area contributed by atoms with Gasteiger partial charge in [0.1, 0.15) is 6.61 Å². The van der Waals surface area contributed by atoms with Crippen LogP contribution in [0.1, 0.15) is 29.8 Å². The van der Waals surface area contributed by atoms with Gasteiger partial charge in [-0.25, -0.2) is 0 Å². The van der Waals surface area contributed by atoms with Crippen LogP contribution in [0.3, 0.4) is 0 Å². The molecule has 0 saturated carbocycles. The van der Waals surface area contributed by atoms with Crippen molar-refractivity contribution in [2.45, 2.75) is 31.3 Å². The summed E-state index contributed by atoms with van der Waals surface area (Å²) in [5.41, 5.74) is 2.16. The first kappa shape index (κ1) is 16.5. The van der Waals surface area contributed by atoms with Crippen LogP contribution in [0, 0.1) is 5.92 Å². The second-order valence-corrected chi connectivity index (χ2v) is 6.04. The summed E-state index contributed by atoms with van der Waals surface area (Å²) in [5.74, 6) is 0.584. The SMILES string of the molecule is CC(C)Cc1ccc(C(Br)COCC(F)(F)F)cc1. The Kier molecular flexibility index (Phi) is 6.33. The van der Waals surface area contributed by atoms with Crippen molar-refractivity contribution in [1.29, 1.82) is 0 Å².